The van der Waals surface area contributed by atoms with Crippen molar-refractivity contribution < 1.29 is 4.79 Å². The zero-order valence-electron chi connectivity index (χ0n) is 15.3. The summed E-state index contributed by atoms with van der Waals surface area (Å²) in [7, 11) is 0. The van der Waals surface area contributed by atoms with Crippen LogP contribution in [0.2, 0.25) is 5.02 Å². The zero-order valence-corrected chi connectivity index (χ0v) is 16.1. The fourth-order valence-electron chi connectivity index (χ4n) is 3.46. The van der Waals surface area contributed by atoms with Crippen molar-refractivity contribution >= 4 is 23.3 Å². The van der Waals surface area contributed by atoms with Crippen LogP contribution < -0.4 is 5.32 Å². The predicted octanol–water partition coefficient (Wildman–Crippen LogP) is 4.28. The molecule has 1 aliphatic rings. The molecule has 0 spiro atoms. The second-order valence-electron chi connectivity index (χ2n) is 6.79. The maximum Gasteiger partial charge on any atom is 0.222 e. The Morgan fingerprint density at radius 2 is 1.92 bits per heavy atom. The Morgan fingerprint density at radius 3 is 2.54 bits per heavy atom. The Morgan fingerprint density at radius 1 is 1.23 bits per heavy atom. The van der Waals surface area contributed by atoms with E-state index in [4.69, 9.17) is 11.6 Å². The van der Waals surface area contributed by atoms with Crippen molar-refractivity contribution in [1.29, 1.82) is 0 Å². The Bertz CT molecular complexity index is 757. The van der Waals surface area contributed by atoms with Crippen molar-refractivity contribution in [3.8, 4) is 0 Å². The number of nitrogens with one attached hydrogen (secondary N) is 1. The van der Waals surface area contributed by atoms with Crippen molar-refractivity contribution in [2.75, 3.05) is 25.0 Å². The fraction of sp³-hybridized carbons (Fsp3) is 0.450. The number of carbonyl (C=O) groups is 1. The molecule has 3 rings (SSSR count). The molecular weight excluding hydrogens is 348 g/mol. The Kier molecular flexibility index (Phi) is 6.22. The van der Waals surface area contributed by atoms with Gasteiger partial charge in [-0.1, -0.05) is 30.2 Å². The van der Waals surface area contributed by atoms with Crippen molar-refractivity contribution in [2.24, 2.45) is 0 Å². The minimum Gasteiger partial charge on any atom is -0.352 e. The van der Waals surface area contributed by atoms with E-state index in [1.54, 1.807) is 6.20 Å². The first-order valence-electron chi connectivity index (χ1n) is 9.12. The molecule has 0 bridgehead atoms. The molecule has 5 nitrogen and oxygen atoms in total. The van der Waals surface area contributed by atoms with Gasteiger partial charge in [-0.3, -0.25) is 9.69 Å². The first-order chi connectivity index (χ1) is 12.5. The van der Waals surface area contributed by atoms with E-state index in [0.29, 0.717) is 23.8 Å². The first-order valence-corrected chi connectivity index (χ1v) is 9.50. The second kappa shape index (κ2) is 8.60. The summed E-state index contributed by atoms with van der Waals surface area (Å²) in [4.78, 5) is 22.8. The number of ketones is 1. The lowest BCUT2D eigenvalue weighted by Gasteiger charge is -2.35. The van der Waals surface area contributed by atoms with Crippen molar-refractivity contribution in [1.82, 2.24) is 14.9 Å². The SMILES string of the molecule is CC(=O)c1cnc(NCC(c2ccc(Cl)cc2)N2CCCCC2)nc1C. The molecule has 1 N–H and O–H groups in total. The molecule has 1 aromatic carbocycles. The van der Waals surface area contributed by atoms with E-state index in [1.165, 1.54) is 31.7 Å². The summed E-state index contributed by atoms with van der Waals surface area (Å²) in [6.07, 6.45) is 5.36. The number of hydrogen-bond donors (Lipinski definition) is 1. The third-order valence-corrected chi connectivity index (χ3v) is 5.15. The van der Waals surface area contributed by atoms with Gasteiger partial charge in [-0.05, 0) is 57.5 Å². The Balaban J connectivity index is 1.76. The standard InChI is InChI=1S/C20H25ClN4O/c1-14-18(15(2)26)12-22-20(24-14)23-13-19(25-10-4-3-5-11-25)16-6-8-17(21)9-7-16/h6-9,12,19H,3-5,10-11,13H2,1-2H3,(H,22,23,24). The lowest BCUT2D eigenvalue weighted by atomic mass is 10.0. The van der Waals surface area contributed by atoms with Gasteiger partial charge < -0.3 is 5.32 Å². The summed E-state index contributed by atoms with van der Waals surface area (Å²) in [6.45, 7) is 6.27. The van der Waals surface area contributed by atoms with Gasteiger partial charge in [-0.2, -0.15) is 0 Å². The zero-order chi connectivity index (χ0) is 18.5. The highest BCUT2D eigenvalue weighted by Crippen LogP contribution is 2.26. The van der Waals surface area contributed by atoms with E-state index < -0.39 is 0 Å². The van der Waals surface area contributed by atoms with Crippen LogP contribution in [0.5, 0.6) is 0 Å². The maximum atomic E-state index is 11.5. The summed E-state index contributed by atoms with van der Waals surface area (Å²) < 4.78 is 0. The molecule has 138 valence electrons. The van der Waals surface area contributed by atoms with Crippen LogP contribution in [0.15, 0.2) is 30.5 Å². The molecule has 1 aliphatic heterocycles. The van der Waals surface area contributed by atoms with Gasteiger partial charge in [0.25, 0.3) is 0 Å². The summed E-state index contributed by atoms with van der Waals surface area (Å²) in [6, 6.07) is 8.30. The normalized spacial score (nSPS) is 16.3. The molecule has 6 heteroatoms. The average molecular weight is 373 g/mol. The molecule has 2 aromatic rings. The van der Waals surface area contributed by atoms with Gasteiger partial charge in [0.05, 0.1) is 17.3 Å². The second-order valence-corrected chi connectivity index (χ2v) is 7.23. The number of piperidine rings is 1. The molecule has 0 saturated carbocycles. The molecule has 0 radical (unpaired) electrons. The number of benzene rings is 1. The van der Waals surface area contributed by atoms with Crippen LogP contribution in [-0.4, -0.2) is 40.3 Å². The molecule has 1 saturated heterocycles. The van der Waals surface area contributed by atoms with Gasteiger partial charge in [0, 0.05) is 17.8 Å². The van der Waals surface area contributed by atoms with Crippen LogP contribution in [0.3, 0.4) is 0 Å². The molecule has 26 heavy (non-hydrogen) atoms. The third kappa shape index (κ3) is 4.59. The van der Waals surface area contributed by atoms with Crippen LogP contribution in [0.25, 0.3) is 0 Å². The van der Waals surface area contributed by atoms with E-state index in [2.05, 4.69) is 32.3 Å². The van der Waals surface area contributed by atoms with Gasteiger partial charge in [-0.15, -0.1) is 0 Å². The molecule has 2 heterocycles. The maximum absolute atomic E-state index is 11.5. The third-order valence-electron chi connectivity index (χ3n) is 4.90. The molecule has 1 aromatic heterocycles. The minimum absolute atomic E-state index is 0.0126. The highest BCUT2D eigenvalue weighted by atomic mass is 35.5. The highest BCUT2D eigenvalue weighted by Gasteiger charge is 2.22. The number of aromatic nitrogens is 2. The van der Waals surface area contributed by atoms with E-state index >= 15 is 0 Å². The number of carbonyl (C=O) groups excluding carboxylic acids is 1. The Labute approximate surface area is 159 Å². The lowest BCUT2D eigenvalue weighted by molar-refractivity contribution is 0.101. The predicted molar refractivity (Wildman–Crippen MR) is 105 cm³/mol. The molecule has 1 fully saturated rings. The fourth-order valence-corrected chi connectivity index (χ4v) is 3.58. The van der Waals surface area contributed by atoms with Crippen LogP contribution in [0.1, 0.15) is 53.8 Å². The molecule has 0 aliphatic carbocycles. The van der Waals surface area contributed by atoms with Gasteiger partial charge in [-0.25, -0.2) is 9.97 Å². The lowest BCUT2D eigenvalue weighted by Crippen LogP contribution is -2.37. The summed E-state index contributed by atoms with van der Waals surface area (Å²) in [5, 5.41) is 4.10. The number of likely N-dealkylation sites (tertiary alicyclic amines) is 1. The molecule has 1 atom stereocenters. The smallest absolute Gasteiger partial charge is 0.222 e. The van der Waals surface area contributed by atoms with Crippen molar-refractivity contribution in [3.63, 3.8) is 0 Å². The summed E-state index contributed by atoms with van der Waals surface area (Å²) in [5.74, 6) is 0.546. The topological polar surface area (TPSA) is 58.1 Å². The van der Waals surface area contributed by atoms with E-state index in [-0.39, 0.29) is 11.8 Å². The van der Waals surface area contributed by atoms with E-state index in [9.17, 15) is 4.79 Å². The highest BCUT2D eigenvalue weighted by molar-refractivity contribution is 6.30. The molecule has 1 unspecified atom stereocenters. The number of rotatable bonds is 6. The summed E-state index contributed by atoms with van der Waals surface area (Å²) >= 11 is 6.06. The van der Waals surface area contributed by atoms with Gasteiger partial charge in [0.2, 0.25) is 5.95 Å². The van der Waals surface area contributed by atoms with Gasteiger partial charge >= 0.3 is 0 Å². The van der Waals surface area contributed by atoms with Gasteiger partial charge in [0.15, 0.2) is 5.78 Å². The van der Waals surface area contributed by atoms with Crippen LogP contribution in [-0.2, 0) is 0 Å². The Hall–Kier alpha value is -1.98. The molecule has 0 amide bonds. The number of nitrogens with zero attached hydrogens (tertiary/aromatic N) is 3. The number of halogens is 1. The van der Waals surface area contributed by atoms with Crippen LogP contribution in [0.4, 0.5) is 5.95 Å². The molecular formula is C20H25ClN4O. The van der Waals surface area contributed by atoms with E-state index in [0.717, 1.165) is 18.1 Å². The van der Waals surface area contributed by atoms with Crippen LogP contribution >= 0.6 is 11.6 Å². The van der Waals surface area contributed by atoms with Gasteiger partial charge in [0.1, 0.15) is 0 Å². The largest absolute Gasteiger partial charge is 0.352 e. The number of hydrogen-bond acceptors (Lipinski definition) is 5. The number of Topliss-reactive ketones (excluding diaryl/α,β-unsaturated/α-hetero) is 1. The van der Waals surface area contributed by atoms with Crippen molar-refractivity contribution in [3.05, 3.63) is 52.3 Å². The van der Waals surface area contributed by atoms with Crippen molar-refractivity contribution in [2.45, 2.75) is 39.2 Å². The minimum atomic E-state index is -0.0126. The average Bonchev–Trinajstić information content (AvgIpc) is 2.64. The van der Waals surface area contributed by atoms with E-state index in [1.807, 2.05) is 19.1 Å². The summed E-state index contributed by atoms with van der Waals surface area (Å²) in [5.41, 5.74) is 2.51. The number of aryl methyl sites for hydroxylation is 1. The first kappa shape index (κ1) is 18.8. The quantitative estimate of drug-likeness (QED) is 0.767. The number of anilines is 1. The van der Waals surface area contributed by atoms with Crippen LogP contribution in [0, 0.1) is 6.92 Å². The monoisotopic (exact) mass is 372 g/mol.